The van der Waals surface area contributed by atoms with Crippen molar-refractivity contribution in [3.63, 3.8) is 0 Å². The summed E-state index contributed by atoms with van der Waals surface area (Å²) in [7, 11) is 1.81. The molecule has 0 bridgehead atoms. The predicted octanol–water partition coefficient (Wildman–Crippen LogP) is 0.450. The van der Waals surface area contributed by atoms with Crippen molar-refractivity contribution in [1.82, 2.24) is 4.90 Å². The number of carbonyl (C=O) groups is 1. The summed E-state index contributed by atoms with van der Waals surface area (Å²) in [5.74, 6) is 0.631. The van der Waals surface area contributed by atoms with E-state index >= 15 is 0 Å². The Bertz CT molecular complexity index is 125. The monoisotopic (exact) mass is 158 g/mol. The van der Waals surface area contributed by atoms with Crippen LogP contribution in [-0.2, 0) is 4.79 Å². The molecule has 0 aliphatic heterocycles. The van der Waals surface area contributed by atoms with Crippen LogP contribution >= 0.6 is 0 Å². The Morgan fingerprint density at radius 3 is 2.55 bits per heavy atom. The van der Waals surface area contributed by atoms with Crippen molar-refractivity contribution in [2.45, 2.75) is 20.3 Å². The lowest BCUT2D eigenvalue weighted by Crippen LogP contribution is -2.27. The summed E-state index contributed by atoms with van der Waals surface area (Å²) in [5, 5.41) is 0. The van der Waals surface area contributed by atoms with Crippen LogP contribution in [0.1, 0.15) is 20.3 Å². The molecule has 11 heavy (non-hydrogen) atoms. The molecule has 0 radical (unpaired) electrons. The Labute approximate surface area is 68.6 Å². The van der Waals surface area contributed by atoms with Gasteiger partial charge in [-0.2, -0.15) is 0 Å². The second-order valence-electron chi connectivity index (χ2n) is 3.07. The fraction of sp³-hybridized carbons (Fsp3) is 0.875. The van der Waals surface area contributed by atoms with Crippen LogP contribution < -0.4 is 5.73 Å². The Balaban J connectivity index is 3.45. The maximum absolute atomic E-state index is 10.7. The number of nitrogens with two attached hydrogens (primary N) is 1. The molecule has 66 valence electrons. The van der Waals surface area contributed by atoms with E-state index in [0.717, 1.165) is 13.0 Å². The van der Waals surface area contributed by atoms with Gasteiger partial charge in [0.2, 0.25) is 5.91 Å². The van der Waals surface area contributed by atoms with Gasteiger partial charge in [-0.25, -0.2) is 0 Å². The highest BCUT2D eigenvalue weighted by Crippen LogP contribution is 1.99. The van der Waals surface area contributed by atoms with Gasteiger partial charge in [0.05, 0.1) is 0 Å². The van der Waals surface area contributed by atoms with Crippen molar-refractivity contribution in [3.8, 4) is 0 Å². The largest absolute Gasteiger partial charge is 0.346 e. The van der Waals surface area contributed by atoms with Gasteiger partial charge in [0.1, 0.15) is 0 Å². The van der Waals surface area contributed by atoms with E-state index in [1.807, 2.05) is 7.05 Å². The zero-order chi connectivity index (χ0) is 8.85. The minimum Gasteiger partial charge on any atom is -0.346 e. The molecular formula is C8H18N2O. The molecule has 0 saturated carbocycles. The molecule has 0 aliphatic rings. The summed E-state index contributed by atoms with van der Waals surface area (Å²) < 4.78 is 0. The molecule has 1 atom stereocenters. The molecule has 0 aromatic rings. The van der Waals surface area contributed by atoms with Crippen LogP contribution in [0.15, 0.2) is 0 Å². The standard InChI is InChI=1S/C8H18N2O/c1-7(6-9)4-5-10(3)8(2)11/h7H,4-6,9H2,1-3H3. The summed E-state index contributed by atoms with van der Waals surface area (Å²) in [4.78, 5) is 12.5. The molecule has 3 heteroatoms. The molecule has 0 heterocycles. The molecule has 0 saturated heterocycles. The van der Waals surface area contributed by atoms with Gasteiger partial charge in [-0.1, -0.05) is 6.92 Å². The van der Waals surface area contributed by atoms with Crippen LogP contribution in [-0.4, -0.2) is 30.9 Å². The van der Waals surface area contributed by atoms with Gasteiger partial charge in [0.25, 0.3) is 0 Å². The van der Waals surface area contributed by atoms with Crippen molar-refractivity contribution in [1.29, 1.82) is 0 Å². The average Bonchev–Trinajstić information content (AvgIpc) is 1.99. The van der Waals surface area contributed by atoms with Gasteiger partial charge in [-0.3, -0.25) is 4.79 Å². The van der Waals surface area contributed by atoms with Crippen LogP contribution in [0, 0.1) is 5.92 Å². The van der Waals surface area contributed by atoms with Gasteiger partial charge in [-0.15, -0.1) is 0 Å². The lowest BCUT2D eigenvalue weighted by molar-refractivity contribution is -0.127. The first kappa shape index (κ1) is 10.4. The third kappa shape index (κ3) is 4.79. The Morgan fingerprint density at radius 2 is 2.18 bits per heavy atom. The lowest BCUT2D eigenvalue weighted by atomic mass is 10.1. The first-order valence-electron chi connectivity index (χ1n) is 3.99. The van der Waals surface area contributed by atoms with E-state index in [1.54, 1.807) is 11.8 Å². The SMILES string of the molecule is CC(=O)N(C)CCC(C)CN. The number of hydrogen-bond donors (Lipinski definition) is 1. The van der Waals surface area contributed by atoms with Crippen LogP contribution in [0.3, 0.4) is 0 Å². The highest BCUT2D eigenvalue weighted by molar-refractivity contribution is 5.72. The molecule has 0 spiro atoms. The van der Waals surface area contributed by atoms with E-state index in [0.29, 0.717) is 12.5 Å². The normalized spacial score (nSPS) is 12.7. The van der Waals surface area contributed by atoms with E-state index < -0.39 is 0 Å². The summed E-state index contributed by atoms with van der Waals surface area (Å²) >= 11 is 0. The fourth-order valence-electron chi connectivity index (χ4n) is 0.689. The van der Waals surface area contributed by atoms with Crippen LogP contribution in [0.2, 0.25) is 0 Å². The third-order valence-corrected chi connectivity index (χ3v) is 1.90. The predicted molar refractivity (Wildman–Crippen MR) is 46.1 cm³/mol. The molecule has 0 aromatic heterocycles. The smallest absolute Gasteiger partial charge is 0.219 e. The van der Waals surface area contributed by atoms with E-state index in [9.17, 15) is 4.79 Å². The summed E-state index contributed by atoms with van der Waals surface area (Å²) in [6.45, 7) is 5.18. The Hall–Kier alpha value is -0.570. The quantitative estimate of drug-likeness (QED) is 0.645. The Kier molecular flexibility index (Phi) is 4.86. The molecule has 0 rings (SSSR count). The van der Waals surface area contributed by atoms with E-state index in [1.165, 1.54) is 0 Å². The van der Waals surface area contributed by atoms with Crippen LogP contribution in [0.25, 0.3) is 0 Å². The number of amides is 1. The highest BCUT2D eigenvalue weighted by atomic mass is 16.2. The minimum absolute atomic E-state index is 0.120. The lowest BCUT2D eigenvalue weighted by Gasteiger charge is -2.16. The van der Waals surface area contributed by atoms with Gasteiger partial charge in [0, 0.05) is 20.5 Å². The van der Waals surface area contributed by atoms with E-state index in [-0.39, 0.29) is 5.91 Å². The van der Waals surface area contributed by atoms with Gasteiger partial charge in [0.15, 0.2) is 0 Å². The number of rotatable bonds is 4. The average molecular weight is 158 g/mol. The maximum atomic E-state index is 10.7. The van der Waals surface area contributed by atoms with Gasteiger partial charge < -0.3 is 10.6 Å². The second-order valence-corrected chi connectivity index (χ2v) is 3.07. The number of nitrogens with zero attached hydrogens (tertiary/aromatic N) is 1. The van der Waals surface area contributed by atoms with Gasteiger partial charge in [-0.05, 0) is 18.9 Å². The first-order chi connectivity index (χ1) is 5.07. The molecule has 0 aromatic carbocycles. The van der Waals surface area contributed by atoms with Crippen molar-refractivity contribution in [3.05, 3.63) is 0 Å². The molecular weight excluding hydrogens is 140 g/mol. The van der Waals surface area contributed by atoms with Crippen LogP contribution in [0.4, 0.5) is 0 Å². The topological polar surface area (TPSA) is 46.3 Å². The van der Waals surface area contributed by atoms with Crippen molar-refractivity contribution in [2.24, 2.45) is 11.7 Å². The van der Waals surface area contributed by atoms with Crippen molar-refractivity contribution in [2.75, 3.05) is 20.1 Å². The molecule has 0 fully saturated rings. The van der Waals surface area contributed by atoms with Crippen molar-refractivity contribution < 1.29 is 4.79 Å². The maximum Gasteiger partial charge on any atom is 0.219 e. The minimum atomic E-state index is 0.120. The summed E-state index contributed by atoms with van der Waals surface area (Å²) in [6, 6.07) is 0. The number of hydrogen-bond acceptors (Lipinski definition) is 2. The molecule has 0 aliphatic carbocycles. The van der Waals surface area contributed by atoms with E-state index in [2.05, 4.69) is 6.92 Å². The van der Waals surface area contributed by atoms with E-state index in [4.69, 9.17) is 5.73 Å². The van der Waals surface area contributed by atoms with Crippen LogP contribution in [0.5, 0.6) is 0 Å². The zero-order valence-electron chi connectivity index (χ0n) is 7.63. The number of carbonyl (C=O) groups excluding carboxylic acids is 1. The molecule has 1 amide bonds. The summed E-state index contributed by atoms with van der Waals surface area (Å²) in [6.07, 6.45) is 0.993. The molecule has 3 nitrogen and oxygen atoms in total. The second kappa shape index (κ2) is 5.13. The van der Waals surface area contributed by atoms with Gasteiger partial charge >= 0.3 is 0 Å². The fourth-order valence-corrected chi connectivity index (χ4v) is 0.689. The molecule has 2 N–H and O–H groups in total. The summed E-state index contributed by atoms with van der Waals surface area (Å²) in [5.41, 5.74) is 5.43. The molecule has 1 unspecified atom stereocenters. The highest BCUT2D eigenvalue weighted by Gasteiger charge is 2.04. The zero-order valence-corrected chi connectivity index (χ0v) is 7.63. The first-order valence-corrected chi connectivity index (χ1v) is 3.99. The van der Waals surface area contributed by atoms with Crippen molar-refractivity contribution >= 4 is 5.91 Å². The third-order valence-electron chi connectivity index (χ3n) is 1.90. The Morgan fingerprint density at radius 1 is 1.64 bits per heavy atom.